The minimum Gasteiger partial charge on any atom is -0.472 e. The molecule has 19 heavy (non-hydrogen) atoms. The van der Waals surface area contributed by atoms with Gasteiger partial charge in [0.05, 0.1) is 0 Å². The van der Waals surface area contributed by atoms with Crippen LogP contribution in [0.15, 0.2) is 21.7 Å². The van der Waals surface area contributed by atoms with Gasteiger partial charge in [0.1, 0.15) is 4.21 Å². The number of carboxylic acids is 1. The fourth-order valence-electron chi connectivity index (χ4n) is 1.98. The van der Waals surface area contributed by atoms with Crippen LogP contribution in [0.2, 0.25) is 0 Å². The molecule has 0 aromatic carbocycles. The molecule has 1 atom stereocenters. The first kappa shape index (κ1) is 14.1. The fraction of sp³-hybridized carbons (Fsp3) is 0.417. The average Bonchev–Trinajstić information content (AvgIpc) is 2.91. The summed E-state index contributed by atoms with van der Waals surface area (Å²) >= 11 is 1.18. The van der Waals surface area contributed by atoms with Crippen molar-refractivity contribution in [1.82, 2.24) is 4.31 Å². The monoisotopic (exact) mass is 299 g/mol. The Kier molecular flexibility index (Phi) is 4.24. The number of carboxylic acid groups (broad SMARTS) is 1. The van der Waals surface area contributed by atoms with Crippen molar-refractivity contribution in [2.24, 2.45) is 5.92 Å². The molecular formula is C12H13NO4S2. The Balaban J connectivity index is 2.14. The third-order valence-corrected chi connectivity index (χ3v) is 6.09. The SMILES string of the molecule is O=C(O)C#CC1CCCN(S(=O)(=O)c2cccs2)C1. The van der Waals surface area contributed by atoms with Crippen molar-refractivity contribution in [1.29, 1.82) is 0 Å². The van der Waals surface area contributed by atoms with Crippen LogP contribution >= 0.6 is 11.3 Å². The average molecular weight is 299 g/mol. The lowest BCUT2D eigenvalue weighted by Crippen LogP contribution is -2.39. The van der Waals surface area contributed by atoms with Gasteiger partial charge in [-0.05, 0) is 24.3 Å². The van der Waals surface area contributed by atoms with Crippen LogP contribution in [0.25, 0.3) is 0 Å². The highest BCUT2D eigenvalue weighted by molar-refractivity contribution is 7.91. The van der Waals surface area contributed by atoms with E-state index in [1.54, 1.807) is 17.5 Å². The number of rotatable bonds is 2. The zero-order chi connectivity index (χ0) is 13.9. The van der Waals surface area contributed by atoms with Crippen molar-refractivity contribution in [2.75, 3.05) is 13.1 Å². The number of nitrogens with zero attached hydrogens (tertiary/aromatic N) is 1. The van der Waals surface area contributed by atoms with Crippen molar-refractivity contribution in [3.63, 3.8) is 0 Å². The number of thiophene rings is 1. The second-order valence-corrected chi connectivity index (χ2v) is 7.32. The molecule has 0 bridgehead atoms. The van der Waals surface area contributed by atoms with Gasteiger partial charge in [-0.2, -0.15) is 4.31 Å². The molecule has 0 saturated carbocycles. The third-order valence-electron chi connectivity index (χ3n) is 2.86. The molecule has 1 aromatic heterocycles. The molecule has 1 fully saturated rings. The molecule has 1 N–H and O–H groups in total. The van der Waals surface area contributed by atoms with Crippen LogP contribution in [0.5, 0.6) is 0 Å². The molecule has 1 aliphatic heterocycles. The summed E-state index contributed by atoms with van der Waals surface area (Å²) in [7, 11) is -3.45. The summed E-state index contributed by atoms with van der Waals surface area (Å²) in [4.78, 5) is 10.4. The molecule has 0 radical (unpaired) electrons. The third kappa shape index (κ3) is 3.35. The molecule has 102 valence electrons. The lowest BCUT2D eigenvalue weighted by Gasteiger charge is -2.28. The van der Waals surface area contributed by atoms with Gasteiger partial charge in [-0.1, -0.05) is 12.0 Å². The van der Waals surface area contributed by atoms with Crippen LogP contribution in [0, 0.1) is 17.8 Å². The quantitative estimate of drug-likeness (QED) is 0.834. The van der Waals surface area contributed by atoms with Crippen molar-refractivity contribution >= 4 is 27.3 Å². The van der Waals surface area contributed by atoms with Crippen molar-refractivity contribution < 1.29 is 18.3 Å². The smallest absolute Gasteiger partial charge is 0.381 e. The first-order valence-electron chi connectivity index (χ1n) is 5.78. The fourth-order valence-corrected chi connectivity index (χ4v) is 4.65. The van der Waals surface area contributed by atoms with E-state index in [0.717, 1.165) is 6.42 Å². The van der Waals surface area contributed by atoms with E-state index in [-0.39, 0.29) is 12.5 Å². The molecule has 1 saturated heterocycles. The normalized spacial score (nSPS) is 20.5. The summed E-state index contributed by atoms with van der Waals surface area (Å²) < 4.78 is 26.3. The van der Waals surface area contributed by atoms with E-state index < -0.39 is 16.0 Å². The molecule has 0 amide bonds. The lowest BCUT2D eigenvalue weighted by atomic mass is 10.0. The van der Waals surface area contributed by atoms with E-state index in [4.69, 9.17) is 5.11 Å². The minimum absolute atomic E-state index is 0.209. The second kappa shape index (κ2) is 5.74. The van der Waals surface area contributed by atoms with Gasteiger partial charge in [-0.15, -0.1) is 11.3 Å². The highest BCUT2D eigenvalue weighted by atomic mass is 32.2. The Hall–Kier alpha value is -1.36. The number of hydrogen-bond donors (Lipinski definition) is 1. The minimum atomic E-state index is -3.45. The molecule has 2 heterocycles. The van der Waals surface area contributed by atoms with Crippen LogP contribution in [0.4, 0.5) is 0 Å². The molecule has 5 nitrogen and oxygen atoms in total. The molecule has 2 rings (SSSR count). The summed E-state index contributed by atoms with van der Waals surface area (Å²) in [5, 5.41) is 10.2. The van der Waals surface area contributed by atoms with Crippen LogP contribution < -0.4 is 0 Å². The van der Waals surface area contributed by atoms with Gasteiger partial charge in [0, 0.05) is 24.9 Å². The maximum Gasteiger partial charge on any atom is 0.381 e. The maximum absolute atomic E-state index is 12.3. The predicted molar refractivity (Wildman–Crippen MR) is 71.2 cm³/mol. The van der Waals surface area contributed by atoms with E-state index in [1.807, 2.05) is 0 Å². The van der Waals surface area contributed by atoms with Gasteiger partial charge in [-0.25, -0.2) is 13.2 Å². The molecular weight excluding hydrogens is 286 g/mol. The van der Waals surface area contributed by atoms with Gasteiger partial charge in [-0.3, -0.25) is 0 Å². The molecule has 0 spiro atoms. The maximum atomic E-state index is 12.3. The zero-order valence-corrected chi connectivity index (χ0v) is 11.7. The van der Waals surface area contributed by atoms with Gasteiger partial charge < -0.3 is 5.11 Å². The van der Waals surface area contributed by atoms with Gasteiger partial charge in [0.25, 0.3) is 10.0 Å². The number of carbonyl (C=O) groups is 1. The molecule has 1 aliphatic rings. The van der Waals surface area contributed by atoms with Crippen LogP contribution in [0.3, 0.4) is 0 Å². The summed E-state index contributed by atoms with van der Waals surface area (Å²) in [5.41, 5.74) is 0. The first-order valence-corrected chi connectivity index (χ1v) is 8.10. The highest BCUT2D eigenvalue weighted by Gasteiger charge is 2.30. The Morgan fingerprint density at radius 1 is 1.53 bits per heavy atom. The van der Waals surface area contributed by atoms with E-state index >= 15 is 0 Å². The standard InChI is InChI=1S/C12H13NO4S2/c14-11(15)6-5-10-3-1-7-13(9-10)19(16,17)12-4-2-8-18-12/h2,4,8,10H,1,3,7,9H2,(H,14,15). The number of aliphatic carboxylic acids is 1. The molecule has 1 unspecified atom stereocenters. The number of sulfonamides is 1. The second-order valence-electron chi connectivity index (χ2n) is 4.21. The van der Waals surface area contributed by atoms with Crippen molar-refractivity contribution in [3.05, 3.63) is 17.5 Å². The van der Waals surface area contributed by atoms with E-state index in [2.05, 4.69) is 11.8 Å². The Morgan fingerprint density at radius 2 is 2.32 bits per heavy atom. The Bertz CT molecular complexity index is 610. The first-order chi connectivity index (χ1) is 9.00. The predicted octanol–water partition coefficient (Wildman–Crippen LogP) is 1.24. The highest BCUT2D eigenvalue weighted by Crippen LogP contribution is 2.25. The summed E-state index contributed by atoms with van der Waals surface area (Å²) in [6.45, 7) is 0.728. The Morgan fingerprint density at radius 3 is 2.95 bits per heavy atom. The molecule has 1 aromatic rings. The van der Waals surface area contributed by atoms with Crippen molar-refractivity contribution in [2.45, 2.75) is 17.1 Å². The number of piperidine rings is 1. The lowest BCUT2D eigenvalue weighted by molar-refractivity contribution is -0.130. The van der Waals surface area contributed by atoms with E-state index in [1.165, 1.54) is 15.6 Å². The van der Waals surface area contributed by atoms with Gasteiger partial charge in [0.2, 0.25) is 0 Å². The van der Waals surface area contributed by atoms with Crippen molar-refractivity contribution in [3.8, 4) is 11.8 Å². The molecule has 7 heteroatoms. The summed E-state index contributed by atoms with van der Waals surface area (Å²) in [6, 6.07) is 3.27. The topological polar surface area (TPSA) is 74.7 Å². The van der Waals surface area contributed by atoms with E-state index in [0.29, 0.717) is 17.2 Å². The summed E-state index contributed by atoms with van der Waals surface area (Å²) in [6.07, 6.45) is 1.43. The number of hydrogen-bond acceptors (Lipinski definition) is 4. The van der Waals surface area contributed by atoms with Gasteiger partial charge >= 0.3 is 5.97 Å². The van der Waals surface area contributed by atoms with Gasteiger partial charge in [0.15, 0.2) is 0 Å². The zero-order valence-electron chi connectivity index (χ0n) is 10.1. The van der Waals surface area contributed by atoms with Crippen LogP contribution in [-0.2, 0) is 14.8 Å². The summed E-state index contributed by atoms with van der Waals surface area (Å²) in [5.74, 6) is 3.29. The largest absolute Gasteiger partial charge is 0.472 e. The van der Waals surface area contributed by atoms with Crippen LogP contribution in [0.1, 0.15) is 12.8 Å². The molecule has 0 aliphatic carbocycles. The van der Waals surface area contributed by atoms with E-state index in [9.17, 15) is 13.2 Å². The van der Waals surface area contributed by atoms with Crippen LogP contribution in [-0.4, -0.2) is 36.9 Å². The Labute approximate surface area is 115 Å².